The maximum Gasteiger partial charge on any atom is 0.262 e. The summed E-state index contributed by atoms with van der Waals surface area (Å²) in [6.45, 7) is 3.72. The molecule has 0 spiro atoms. The van der Waals surface area contributed by atoms with Crippen LogP contribution in [0.5, 0.6) is 5.75 Å². The number of hydrogen-bond acceptors (Lipinski definition) is 3. The highest BCUT2D eigenvalue weighted by Gasteiger charge is 2.21. The van der Waals surface area contributed by atoms with E-state index in [-0.39, 0.29) is 18.4 Å². The SMILES string of the molecule is CC1CCN(C(=O)c2ccc(NC(=O)COc3ccc(-c4ccccc4)cc3Br)cc2)CC1. The van der Waals surface area contributed by atoms with Crippen molar-refractivity contribution >= 4 is 33.4 Å². The molecule has 0 saturated carbocycles. The number of nitrogens with zero attached hydrogens (tertiary/aromatic N) is 1. The van der Waals surface area contributed by atoms with Gasteiger partial charge in [-0.05, 0) is 82.2 Å². The van der Waals surface area contributed by atoms with E-state index in [0.29, 0.717) is 22.9 Å². The average molecular weight is 507 g/mol. The molecule has 1 fully saturated rings. The first kappa shape index (κ1) is 23.1. The van der Waals surface area contributed by atoms with E-state index in [4.69, 9.17) is 4.74 Å². The first-order chi connectivity index (χ1) is 16.0. The van der Waals surface area contributed by atoms with Gasteiger partial charge in [-0.3, -0.25) is 9.59 Å². The molecule has 0 aromatic heterocycles. The number of likely N-dealkylation sites (tertiary alicyclic amines) is 1. The van der Waals surface area contributed by atoms with Crippen LogP contribution in [0.3, 0.4) is 0 Å². The van der Waals surface area contributed by atoms with E-state index in [1.807, 2.05) is 53.4 Å². The van der Waals surface area contributed by atoms with Gasteiger partial charge in [0.05, 0.1) is 4.47 Å². The van der Waals surface area contributed by atoms with Crippen molar-refractivity contribution in [1.29, 1.82) is 0 Å². The van der Waals surface area contributed by atoms with Crippen molar-refractivity contribution in [2.45, 2.75) is 19.8 Å². The fourth-order valence-electron chi connectivity index (χ4n) is 3.86. The van der Waals surface area contributed by atoms with Crippen LogP contribution in [0.15, 0.2) is 77.3 Å². The molecule has 0 radical (unpaired) electrons. The summed E-state index contributed by atoms with van der Waals surface area (Å²) in [4.78, 5) is 26.9. The molecule has 2 amide bonds. The van der Waals surface area contributed by atoms with Crippen LogP contribution in [0.4, 0.5) is 5.69 Å². The molecule has 0 unspecified atom stereocenters. The molecule has 1 N–H and O–H groups in total. The standard InChI is InChI=1S/C27H27BrN2O3/c1-19-13-15-30(16-14-19)27(32)21-7-10-23(11-8-21)29-26(31)18-33-25-12-9-22(17-24(25)28)20-5-3-2-4-6-20/h2-12,17,19H,13-16,18H2,1H3,(H,29,31). The normalized spacial score (nSPS) is 14.1. The van der Waals surface area contributed by atoms with Gasteiger partial charge in [-0.15, -0.1) is 0 Å². The summed E-state index contributed by atoms with van der Waals surface area (Å²) >= 11 is 3.53. The summed E-state index contributed by atoms with van der Waals surface area (Å²) in [5.74, 6) is 1.06. The molecule has 1 heterocycles. The van der Waals surface area contributed by atoms with Crippen LogP contribution in [-0.4, -0.2) is 36.4 Å². The van der Waals surface area contributed by atoms with E-state index >= 15 is 0 Å². The Kier molecular flexibility index (Phi) is 7.45. The van der Waals surface area contributed by atoms with Gasteiger partial charge in [0.2, 0.25) is 0 Å². The summed E-state index contributed by atoms with van der Waals surface area (Å²) in [6.07, 6.45) is 2.09. The third-order valence-corrected chi connectivity index (χ3v) is 6.50. The van der Waals surface area contributed by atoms with Gasteiger partial charge in [0, 0.05) is 24.3 Å². The smallest absolute Gasteiger partial charge is 0.262 e. The predicted molar refractivity (Wildman–Crippen MR) is 134 cm³/mol. The number of ether oxygens (including phenoxy) is 1. The largest absolute Gasteiger partial charge is 0.483 e. The summed E-state index contributed by atoms with van der Waals surface area (Å²) in [6, 6.07) is 22.9. The lowest BCUT2D eigenvalue weighted by Crippen LogP contribution is -2.37. The zero-order valence-electron chi connectivity index (χ0n) is 18.6. The Morgan fingerprint density at radius 3 is 2.33 bits per heavy atom. The van der Waals surface area contributed by atoms with E-state index in [0.717, 1.165) is 41.5 Å². The van der Waals surface area contributed by atoms with Crippen molar-refractivity contribution in [1.82, 2.24) is 4.90 Å². The maximum atomic E-state index is 12.7. The Labute approximate surface area is 202 Å². The summed E-state index contributed by atoms with van der Waals surface area (Å²) < 4.78 is 6.48. The van der Waals surface area contributed by atoms with Gasteiger partial charge in [-0.1, -0.05) is 43.3 Å². The highest BCUT2D eigenvalue weighted by molar-refractivity contribution is 9.10. The zero-order chi connectivity index (χ0) is 23.2. The van der Waals surface area contributed by atoms with Crippen molar-refractivity contribution in [3.05, 3.63) is 82.8 Å². The molecular weight excluding hydrogens is 480 g/mol. The highest BCUT2D eigenvalue weighted by atomic mass is 79.9. The van der Waals surface area contributed by atoms with E-state index in [1.54, 1.807) is 24.3 Å². The number of benzene rings is 3. The first-order valence-electron chi connectivity index (χ1n) is 11.2. The van der Waals surface area contributed by atoms with Gasteiger partial charge in [-0.2, -0.15) is 0 Å². The van der Waals surface area contributed by atoms with Gasteiger partial charge in [0.15, 0.2) is 6.61 Å². The molecule has 3 aromatic carbocycles. The van der Waals surface area contributed by atoms with Gasteiger partial charge >= 0.3 is 0 Å². The van der Waals surface area contributed by atoms with E-state index < -0.39 is 0 Å². The van der Waals surface area contributed by atoms with E-state index in [1.165, 1.54) is 0 Å². The number of anilines is 1. The molecule has 1 aliphatic heterocycles. The summed E-state index contributed by atoms with van der Waals surface area (Å²) in [5, 5.41) is 2.82. The Morgan fingerprint density at radius 1 is 0.970 bits per heavy atom. The lowest BCUT2D eigenvalue weighted by Gasteiger charge is -2.30. The van der Waals surface area contributed by atoms with Crippen molar-refractivity contribution in [3.63, 3.8) is 0 Å². The lowest BCUT2D eigenvalue weighted by molar-refractivity contribution is -0.118. The number of piperidine rings is 1. The lowest BCUT2D eigenvalue weighted by atomic mass is 9.98. The van der Waals surface area contributed by atoms with Crippen LogP contribution in [0.1, 0.15) is 30.1 Å². The molecule has 6 heteroatoms. The second-order valence-electron chi connectivity index (χ2n) is 8.40. The molecule has 0 bridgehead atoms. The van der Waals surface area contributed by atoms with Crippen LogP contribution < -0.4 is 10.1 Å². The minimum Gasteiger partial charge on any atom is -0.483 e. The van der Waals surface area contributed by atoms with Crippen LogP contribution >= 0.6 is 15.9 Å². The number of halogens is 1. The topological polar surface area (TPSA) is 58.6 Å². The van der Waals surface area contributed by atoms with E-state index in [9.17, 15) is 9.59 Å². The van der Waals surface area contributed by atoms with Gasteiger partial charge in [0.25, 0.3) is 11.8 Å². The number of carbonyl (C=O) groups is 2. The molecular formula is C27H27BrN2O3. The molecule has 170 valence electrons. The molecule has 1 saturated heterocycles. The summed E-state index contributed by atoms with van der Waals surface area (Å²) in [7, 11) is 0. The number of nitrogens with one attached hydrogen (secondary N) is 1. The maximum absolute atomic E-state index is 12.7. The predicted octanol–water partition coefficient (Wildman–Crippen LogP) is 6.01. The van der Waals surface area contributed by atoms with Gasteiger partial charge in [0.1, 0.15) is 5.75 Å². The first-order valence-corrected chi connectivity index (χ1v) is 12.0. The Hall–Kier alpha value is -3.12. The number of hydrogen-bond donors (Lipinski definition) is 1. The molecule has 3 aromatic rings. The van der Waals surface area contributed by atoms with Crippen molar-refractivity contribution < 1.29 is 14.3 Å². The Morgan fingerprint density at radius 2 is 1.67 bits per heavy atom. The fraction of sp³-hybridized carbons (Fsp3) is 0.259. The fourth-order valence-corrected chi connectivity index (χ4v) is 4.35. The molecule has 0 atom stereocenters. The number of amides is 2. The molecule has 33 heavy (non-hydrogen) atoms. The molecule has 1 aliphatic rings. The van der Waals surface area contributed by atoms with Gasteiger partial charge < -0.3 is 15.0 Å². The van der Waals surface area contributed by atoms with Crippen LogP contribution in [0.25, 0.3) is 11.1 Å². The summed E-state index contributed by atoms with van der Waals surface area (Å²) in [5.41, 5.74) is 3.44. The third-order valence-electron chi connectivity index (χ3n) is 5.88. The minimum absolute atomic E-state index is 0.0481. The Bertz CT molecular complexity index is 1110. The quantitative estimate of drug-likeness (QED) is 0.445. The van der Waals surface area contributed by atoms with Gasteiger partial charge in [-0.25, -0.2) is 0 Å². The second kappa shape index (κ2) is 10.7. The van der Waals surface area contributed by atoms with E-state index in [2.05, 4.69) is 28.2 Å². The second-order valence-corrected chi connectivity index (χ2v) is 9.25. The minimum atomic E-state index is -0.266. The van der Waals surface area contributed by atoms with Crippen LogP contribution in [0, 0.1) is 5.92 Å². The van der Waals surface area contributed by atoms with Crippen LogP contribution in [0.2, 0.25) is 0 Å². The molecule has 4 rings (SSSR count). The number of rotatable bonds is 6. The van der Waals surface area contributed by atoms with Crippen molar-refractivity contribution in [3.8, 4) is 16.9 Å². The Balaban J connectivity index is 1.30. The highest BCUT2D eigenvalue weighted by Crippen LogP contribution is 2.30. The zero-order valence-corrected chi connectivity index (χ0v) is 20.2. The monoisotopic (exact) mass is 506 g/mol. The average Bonchev–Trinajstić information content (AvgIpc) is 2.84. The third kappa shape index (κ3) is 6.02. The molecule has 0 aliphatic carbocycles. The molecule has 5 nitrogen and oxygen atoms in total. The number of carbonyl (C=O) groups excluding carboxylic acids is 2. The van der Waals surface area contributed by atoms with Crippen LogP contribution in [-0.2, 0) is 4.79 Å². The van der Waals surface area contributed by atoms with Crippen molar-refractivity contribution in [2.75, 3.05) is 25.0 Å². The van der Waals surface area contributed by atoms with Crippen molar-refractivity contribution in [2.24, 2.45) is 5.92 Å².